The van der Waals surface area contributed by atoms with Gasteiger partial charge in [-0.15, -0.1) is 0 Å². The van der Waals surface area contributed by atoms with Crippen molar-refractivity contribution in [3.63, 3.8) is 0 Å². The zero-order chi connectivity index (χ0) is 13.7. The fourth-order valence-corrected chi connectivity index (χ4v) is 2.52. The molecule has 0 spiro atoms. The highest BCUT2D eigenvalue weighted by Crippen LogP contribution is 2.21. The van der Waals surface area contributed by atoms with E-state index in [1.807, 2.05) is 23.1 Å². The molecule has 2 rings (SSSR count). The Balaban J connectivity index is 2.11. The van der Waals surface area contributed by atoms with Gasteiger partial charge in [0.25, 0.3) is 0 Å². The molecule has 1 saturated heterocycles. The van der Waals surface area contributed by atoms with Crippen LogP contribution >= 0.6 is 0 Å². The fourth-order valence-electron chi connectivity index (χ4n) is 2.52. The van der Waals surface area contributed by atoms with Crippen LogP contribution in [0.1, 0.15) is 36.8 Å². The number of nitrogens with two attached hydrogens (primary N) is 1. The van der Waals surface area contributed by atoms with Gasteiger partial charge in [-0.3, -0.25) is 4.79 Å². The molecular formula is C15H22N2O2. The number of nitrogens with zero attached hydrogens (tertiary/aromatic N) is 1. The van der Waals surface area contributed by atoms with Crippen molar-refractivity contribution in [1.29, 1.82) is 0 Å². The van der Waals surface area contributed by atoms with Gasteiger partial charge in [0.05, 0.1) is 7.11 Å². The predicted molar refractivity (Wildman–Crippen MR) is 74.8 cm³/mol. The third-order valence-electron chi connectivity index (χ3n) is 3.61. The fraction of sp³-hybridized carbons (Fsp3) is 0.533. The van der Waals surface area contributed by atoms with Crippen molar-refractivity contribution < 1.29 is 9.53 Å². The Labute approximate surface area is 114 Å². The molecule has 104 valence electrons. The summed E-state index contributed by atoms with van der Waals surface area (Å²) in [6.07, 6.45) is 3.95. The molecule has 0 radical (unpaired) electrons. The second-order valence-electron chi connectivity index (χ2n) is 4.98. The summed E-state index contributed by atoms with van der Waals surface area (Å²) in [7, 11) is 1.65. The number of amides is 1. The van der Waals surface area contributed by atoms with E-state index in [0.29, 0.717) is 19.5 Å². The molecule has 0 aromatic heterocycles. The number of rotatable bonds is 4. The third-order valence-corrected chi connectivity index (χ3v) is 3.61. The molecule has 0 atom stereocenters. The molecule has 1 aromatic carbocycles. The highest BCUT2D eigenvalue weighted by Gasteiger charge is 2.17. The number of carbonyl (C=O) groups is 1. The van der Waals surface area contributed by atoms with Gasteiger partial charge in [0.1, 0.15) is 5.75 Å². The highest BCUT2D eigenvalue weighted by molar-refractivity contribution is 5.76. The molecule has 4 heteroatoms. The topological polar surface area (TPSA) is 55.6 Å². The minimum atomic E-state index is 0.266. The average Bonchev–Trinajstić information content (AvgIpc) is 2.64. The van der Waals surface area contributed by atoms with Crippen LogP contribution in [0.15, 0.2) is 18.2 Å². The van der Waals surface area contributed by atoms with Gasteiger partial charge in [0, 0.05) is 31.6 Å². The summed E-state index contributed by atoms with van der Waals surface area (Å²) in [5, 5.41) is 0. The molecule has 0 bridgehead atoms. The summed E-state index contributed by atoms with van der Waals surface area (Å²) in [4.78, 5) is 13.9. The summed E-state index contributed by atoms with van der Waals surface area (Å²) >= 11 is 0. The summed E-state index contributed by atoms with van der Waals surface area (Å²) < 4.78 is 5.26. The Morgan fingerprint density at radius 3 is 2.89 bits per heavy atom. The third kappa shape index (κ3) is 3.47. The van der Waals surface area contributed by atoms with Crippen LogP contribution in [0.5, 0.6) is 5.75 Å². The smallest absolute Gasteiger partial charge is 0.222 e. The average molecular weight is 262 g/mol. The van der Waals surface area contributed by atoms with Gasteiger partial charge in [-0.05, 0) is 30.5 Å². The first-order valence-electron chi connectivity index (χ1n) is 6.88. The maximum atomic E-state index is 12.0. The van der Waals surface area contributed by atoms with Gasteiger partial charge in [0.15, 0.2) is 0 Å². The lowest BCUT2D eigenvalue weighted by atomic mass is 10.1. The molecule has 1 heterocycles. The van der Waals surface area contributed by atoms with E-state index in [2.05, 4.69) is 0 Å². The Morgan fingerprint density at radius 1 is 1.32 bits per heavy atom. The number of hydrogen-bond donors (Lipinski definition) is 1. The van der Waals surface area contributed by atoms with E-state index in [9.17, 15) is 4.79 Å². The molecule has 1 aliphatic rings. The first kappa shape index (κ1) is 13.9. The molecule has 1 aromatic rings. The Bertz CT molecular complexity index is 446. The molecule has 0 aliphatic carbocycles. The van der Waals surface area contributed by atoms with Crippen LogP contribution in [-0.2, 0) is 17.9 Å². The van der Waals surface area contributed by atoms with E-state index in [1.54, 1.807) is 7.11 Å². The molecule has 4 nitrogen and oxygen atoms in total. The lowest BCUT2D eigenvalue weighted by Crippen LogP contribution is -2.29. The van der Waals surface area contributed by atoms with Crippen LogP contribution in [0.2, 0.25) is 0 Å². The van der Waals surface area contributed by atoms with E-state index in [0.717, 1.165) is 42.7 Å². The zero-order valence-electron chi connectivity index (χ0n) is 11.5. The van der Waals surface area contributed by atoms with E-state index in [4.69, 9.17) is 10.5 Å². The molecule has 1 amide bonds. The molecule has 0 unspecified atom stereocenters. The van der Waals surface area contributed by atoms with Gasteiger partial charge in [-0.1, -0.05) is 12.5 Å². The van der Waals surface area contributed by atoms with Gasteiger partial charge < -0.3 is 15.4 Å². The van der Waals surface area contributed by atoms with Crippen LogP contribution in [-0.4, -0.2) is 24.5 Å². The largest absolute Gasteiger partial charge is 0.496 e. The quantitative estimate of drug-likeness (QED) is 0.903. The summed E-state index contributed by atoms with van der Waals surface area (Å²) in [5.41, 5.74) is 7.83. The van der Waals surface area contributed by atoms with Gasteiger partial charge in [-0.25, -0.2) is 0 Å². The van der Waals surface area contributed by atoms with Crippen molar-refractivity contribution in [1.82, 2.24) is 4.90 Å². The Hall–Kier alpha value is -1.55. The second-order valence-corrected chi connectivity index (χ2v) is 4.98. The maximum Gasteiger partial charge on any atom is 0.222 e. The van der Waals surface area contributed by atoms with Crippen LogP contribution in [0.4, 0.5) is 0 Å². The van der Waals surface area contributed by atoms with Crippen molar-refractivity contribution in [2.75, 3.05) is 13.7 Å². The number of methoxy groups -OCH3 is 1. The monoisotopic (exact) mass is 262 g/mol. The van der Waals surface area contributed by atoms with Gasteiger partial charge >= 0.3 is 0 Å². The van der Waals surface area contributed by atoms with Crippen molar-refractivity contribution in [3.05, 3.63) is 29.3 Å². The minimum absolute atomic E-state index is 0.266. The summed E-state index contributed by atoms with van der Waals surface area (Å²) in [5.74, 6) is 1.08. The van der Waals surface area contributed by atoms with Gasteiger partial charge in [0.2, 0.25) is 5.91 Å². The van der Waals surface area contributed by atoms with Crippen LogP contribution in [0, 0.1) is 0 Å². The lowest BCUT2D eigenvalue weighted by Gasteiger charge is -2.21. The first-order chi connectivity index (χ1) is 9.24. The Kier molecular flexibility index (Phi) is 4.80. The minimum Gasteiger partial charge on any atom is -0.496 e. The number of ether oxygens (including phenoxy) is 1. The van der Waals surface area contributed by atoms with E-state index < -0.39 is 0 Å². The number of benzene rings is 1. The van der Waals surface area contributed by atoms with Crippen molar-refractivity contribution in [2.24, 2.45) is 5.73 Å². The summed E-state index contributed by atoms with van der Waals surface area (Å²) in [6.45, 7) is 1.99. The van der Waals surface area contributed by atoms with Crippen molar-refractivity contribution in [3.8, 4) is 5.75 Å². The molecule has 1 aliphatic heterocycles. The number of hydrogen-bond acceptors (Lipinski definition) is 3. The van der Waals surface area contributed by atoms with Crippen LogP contribution < -0.4 is 10.5 Å². The Morgan fingerprint density at radius 2 is 2.16 bits per heavy atom. The standard InChI is InChI=1S/C15H22N2O2/c1-19-14-7-6-12(9-13(14)10-16)11-17-8-4-2-3-5-15(17)18/h6-7,9H,2-5,8,10-11,16H2,1H3. The van der Waals surface area contributed by atoms with Gasteiger partial charge in [-0.2, -0.15) is 0 Å². The summed E-state index contributed by atoms with van der Waals surface area (Å²) in [6, 6.07) is 5.98. The highest BCUT2D eigenvalue weighted by atomic mass is 16.5. The van der Waals surface area contributed by atoms with Crippen LogP contribution in [0.3, 0.4) is 0 Å². The van der Waals surface area contributed by atoms with E-state index in [-0.39, 0.29) is 5.91 Å². The first-order valence-corrected chi connectivity index (χ1v) is 6.88. The molecule has 1 fully saturated rings. The number of carbonyl (C=O) groups excluding carboxylic acids is 1. The normalized spacial score (nSPS) is 16.3. The maximum absolute atomic E-state index is 12.0. The lowest BCUT2D eigenvalue weighted by molar-refractivity contribution is -0.131. The number of likely N-dealkylation sites (tertiary alicyclic amines) is 1. The second kappa shape index (κ2) is 6.57. The predicted octanol–water partition coefficient (Wildman–Crippen LogP) is 2.06. The molecule has 2 N–H and O–H groups in total. The SMILES string of the molecule is COc1ccc(CN2CCCCCC2=O)cc1CN. The van der Waals surface area contributed by atoms with E-state index in [1.165, 1.54) is 0 Å². The van der Waals surface area contributed by atoms with E-state index >= 15 is 0 Å². The molecule has 19 heavy (non-hydrogen) atoms. The zero-order valence-corrected chi connectivity index (χ0v) is 11.5. The van der Waals surface area contributed by atoms with Crippen molar-refractivity contribution in [2.45, 2.75) is 38.8 Å². The molecule has 0 saturated carbocycles. The van der Waals surface area contributed by atoms with Crippen LogP contribution in [0.25, 0.3) is 0 Å². The molecular weight excluding hydrogens is 240 g/mol. The van der Waals surface area contributed by atoms with Crippen molar-refractivity contribution >= 4 is 5.91 Å².